The lowest BCUT2D eigenvalue weighted by molar-refractivity contribution is 0.401. The van der Waals surface area contributed by atoms with Crippen molar-refractivity contribution in [3.63, 3.8) is 0 Å². The molecule has 2 aromatic rings. The second kappa shape index (κ2) is 6.20. The Bertz CT molecular complexity index is 659. The van der Waals surface area contributed by atoms with Gasteiger partial charge in [0.25, 0.3) is 0 Å². The molecule has 0 heterocycles. The summed E-state index contributed by atoms with van der Waals surface area (Å²) in [6, 6.07) is 7.19. The van der Waals surface area contributed by atoms with Crippen LogP contribution in [0.1, 0.15) is 28.3 Å². The number of benzene rings is 2. The summed E-state index contributed by atoms with van der Waals surface area (Å²) in [4.78, 5) is 0. The number of aryl methyl sites for hydroxylation is 2. The van der Waals surface area contributed by atoms with Gasteiger partial charge >= 0.3 is 0 Å². The van der Waals surface area contributed by atoms with E-state index in [1.807, 2.05) is 13.0 Å². The largest absolute Gasteiger partial charge is 0.496 e. The van der Waals surface area contributed by atoms with Gasteiger partial charge in [-0.1, -0.05) is 18.2 Å². The minimum Gasteiger partial charge on any atom is -0.496 e. The molecule has 2 rings (SSSR count). The maximum absolute atomic E-state index is 14.3. The fourth-order valence-electron chi connectivity index (χ4n) is 2.33. The van der Waals surface area contributed by atoms with Gasteiger partial charge in [-0.15, -0.1) is 0 Å². The maximum Gasteiger partial charge on any atom is 0.134 e. The lowest BCUT2D eigenvalue weighted by atomic mass is 9.95. The molecule has 1 atom stereocenters. The highest BCUT2D eigenvalue weighted by Gasteiger charge is 2.24. The van der Waals surface area contributed by atoms with E-state index in [-0.39, 0.29) is 5.56 Å². The molecule has 21 heavy (non-hydrogen) atoms. The summed E-state index contributed by atoms with van der Waals surface area (Å²) in [6.07, 6.45) is 0. The van der Waals surface area contributed by atoms with Crippen molar-refractivity contribution >= 4 is 0 Å². The zero-order chi connectivity index (χ0) is 15.6. The predicted molar refractivity (Wildman–Crippen MR) is 78.0 cm³/mol. The van der Waals surface area contributed by atoms with Gasteiger partial charge in [-0.25, -0.2) is 14.2 Å². The molecular weight excluding hydrogens is 274 g/mol. The number of nitrogens with one attached hydrogen (secondary N) is 1. The highest BCUT2D eigenvalue weighted by atomic mass is 19.1. The molecule has 0 aromatic heterocycles. The Balaban J connectivity index is 2.63. The molecule has 0 aliphatic carbocycles. The minimum absolute atomic E-state index is 0.111. The van der Waals surface area contributed by atoms with Gasteiger partial charge in [0.2, 0.25) is 0 Å². The van der Waals surface area contributed by atoms with Crippen molar-refractivity contribution < 1.29 is 13.5 Å². The van der Waals surface area contributed by atoms with E-state index in [9.17, 15) is 8.78 Å². The molecule has 0 saturated carbocycles. The van der Waals surface area contributed by atoms with E-state index in [4.69, 9.17) is 10.6 Å². The summed E-state index contributed by atoms with van der Waals surface area (Å²) in [5.41, 5.74) is 4.29. The van der Waals surface area contributed by atoms with Crippen molar-refractivity contribution in [3.8, 4) is 5.75 Å². The zero-order valence-corrected chi connectivity index (χ0v) is 12.2. The lowest BCUT2D eigenvalue weighted by Gasteiger charge is -2.21. The number of hydrogen-bond acceptors (Lipinski definition) is 3. The van der Waals surface area contributed by atoms with Crippen LogP contribution in [0.25, 0.3) is 0 Å². The van der Waals surface area contributed by atoms with Gasteiger partial charge in [-0.2, -0.15) is 0 Å². The fourth-order valence-corrected chi connectivity index (χ4v) is 2.33. The Kier molecular flexibility index (Phi) is 4.55. The quantitative estimate of drug-likeness (QED) is 0.672. The fraction of sp³-hybridized carbons (Fsp3) is 0.250. The van der Waals surface area contributed by atoms with Crippen LogP contribution in [-0.4, -0.2) is 7.11 Å². The number of hydrogen-bond donors (Lipinski definition) is 2. The van der Waals surface area contributed by atoms with Gasteiger partial charge in [-0.3, -0.25) is 5.84 Å². The third-order valence-corrected chi connectivity index (χ3v) is 3.47. The van der Waals surface area contributed by atoms with E-state index >= 15 is 0 Å². The van der Waals surface area contributed by atoms with Crippen LogP contribution in [0.2, 0.25) is 0 Å². The molecule has 0 aliphatic heterocycles. The maximum atomic E-state index is 14.3. The number of hydrazine groups is 1. The van der Waals surface area contributed by atoms with E-state index in [0.717, 1.165) is 5.56 Å². The second-order valence-corrected chi connectivity index (χ2v) is 4.94. The molecule has 0 spiro atoms. The Morgan fingerprint density at radius 2 is 1.86 bits per heavy atom. The third-order valence-electron chi connectivity index (χ3n) is 3.47. The predicted octanol–water partition coefficient (Wildman–Crippen LogP) is 3.14. The van der Waals surface area contributed by atoms with E-state index in [2.05, 4.69) is 5.43 Å². The Morgan fingerprint density at radius 3 is 2.48 bits per heavy atom. The topological polar surface area (TPSA) is 47.3 Å². The molecule has 0 bridgehead atoms. The van der Waals surface area contributed by atoms with Crippen LogP contribution >= 0.6 is 0 Å². The number of halogens is 2. The Morgan fingerprint density at radius 1 is 1.14 bits per heavy atom. The lowest BCUT2D eigenvalue weighted by Crippen LogP contribution is -2.31. The van der Waals surface area contributed by atoms with Gasteiger partial charge in [0.15, 0.2) is 0 Å². The van der Waals surface area contributed by atoms with Gasteiger partial charge in [-0.05, 0) is 37.1 Å². The SMILES string of the molecule is COc1cc(C)ccc1C(NN)c1c(F)ccc(C)c1F. The van der Waals surface area contributed by atoms with Crippen molar-refractivity contribution in [2.75, 3.05) is 7.11 Å². The molecule has 0 fully saturated rings. The first-order chi connectivity index (χ1) is 9.99. The van der Waals surface area contributed by atoms with Crippen molar-refractivity contribution in [3.05, 3.63) is 64.2 Å². The van der Waals surface area contributed by atoms with Crippen LogP contribution in [-0.2, 0) is 0 Å². The smallest absolute Gasteiger partial charge is 0.134 e. The molecule has 112 valence electrons. The number of methoxy groups -OCH3 is 1. The van der Waals surface area contributed by atoms with Crippen molar-refractivity contribution in [1.82, 2.24) is 5.43 Å². The zero-order valence-electron chi connectivity index (χ0n) is 12.2. The number of rotatable bonds is 4. The molecule has 2 aromatic carbocycles. The van der Waals surface area contributed by atoms with E-state index in [0.29, 0.717) is 16.9 Å². The average Bonchev–Trinajstić information content (AvgIpc) is 2.48. The first-order valence-electron chi connectivity index (χ1n) is 6.54. The Hall–Kier alpha value is -1.98. The van der Waals surface area contributed by atoms with E-state index in [1.54, 1.807) is 19.1 Å². The molecule has 0 amide bonds. The second-order valence-electron chi connectivity index (χ2n) is 4.94. The van der Waals surface area contributed by atoms with Gasteiger partial charge < -0.3 is 4.74 Å². The van der Waals surface area contributed by atoms with E-state index in [1.165, 1.54) is 19.2 Å². The molecule has 3 N–H and O–H groups in total. The van der Waals surface area contributed by atoms with Gasteiger partial charge in [0, 0.05) is 11.1 Å². The highest BCUT2D eigenvalue weighted by molar-refractivity contribution is 5.45. The third kappa shape index (κ3) is 2.89. The van der Waals surface area contributed by atoms with Gasteiger partial charge in [0.1, 0.15) is 17.4 Å². The minimum atomic E-state index is -0.833. The average molecular weight is 292 g/mol. The Labute approximate surface area is 122 Å². The molecule has 0 saturated heterocycles. The van der Waals surface area contributed by atoms with Gasteiger partial charge in [0.05, 0.1) is 13.2 Å². The van der Waals surface area contributed by atoms with Crippen molar-refractivity contribution in [2.24, 2.45) is 5.84 Å². The molecule has 5 heteroatoms. The summed E-state index contributed by atoms with van der Waals surface area (Å²) in [6.45, 7) is 3.49. The van der Waals surface area contributed by atoms with Crippen LogP contribution in [0.3, 0.4) is 0 Å². The van der Waals surface area contributed by atoms with Crippen LogP contribution in [0.5, 0.6) is 5.75 Å². The molecular formula is C16H18F2N2O. The van der Waals surface area contributed by atoms with Crippen LogP contribution in [0.15, 0.2) is 30.3 Å². The summed E-state index contributed by atoms with van der Waals surface area (Å²) in [7, 11) is 1.51. The molecule has 3 nitrogen and oxygen atoms in total. The first-order valence-corrected chi connectivity index (χ1v) is 6.54. The highest BCUT2D eigenvalue weighted by Crippen LogP contribution is 2.33. The summed E-state index contributed by atoms with van der Waals surface area (Å²) < 4.78 is 33.7. The standard InChI is InChI=1S/C16H18F2N2O/c1-9-4-6-11(13(8-9)21-3)16(20-19)14-12(17)7-5-10(2)15(14)18/h4-8,16,20H,19H2,1-3H3. The monoisotopic (exact) mass is 292 g/mol. The summed E-state index contributed by atoms with van der Waals surface area (Å²) in [5.74, 6) is 4.81. The molecule has 1 unspecified atom stereocenters. The number of nitrogens with two attached hydrogens (primary N) is 1. The van der Waals surface area contributed by atoms with Crippen molar-refractivity contribution in [1.29, 1.82) is 0 Å². The van der Waals surface area contributed by atoms with Crippen LogP contribution in [0.4, 0.5) is 8.78 Å². The normalized spacial score (nSPS) is 12.3. The van der Waals surface area contributed by atoms with Crippen molar-refractivity contribution in [2.45, 2.75) is 19.9 Å². The summed E-state index contributed by atoms with van der Waals surface area (Å²) >= 11 is 0. The van der Waals surface area contributed by atoms with E-state index < -0.39 is 17.7 Å². The first kappa shape index (κ1) is 15.4. The van der Waals surface area contributed by atoms with Crippen LogP contribution < -0.4 is 16.0 Å². The van der Waals surface area contributed by atoms with Crippen LogP contribution in [0, 0.1) is 25.5 Å². The molecule has 0 radical (unpaired) electrons. The molecule has 0 aliphatic rings. The summed E-state index contributed by atoms with van der Waals surface area (Å²) in [5, 5.41) is 0. The number of ether oxygens (including phenoxy) is 1.